The van der Waals surface area contributed by atoms with E-state index in [0.29, 0.717) is 5.92 Å². The maximum absolute atomic E-state index is 12.3. The van der Waals surface area contributed by atoms with Crippen LogP contribution in [0.1, 0.15) is 31.2 Å². The zero-order valence-electron chi connectivity index (χ0n) is 15.0. The van der Waals surface area contributed by atoms with Crippen LogP contribution in [0.2, 0.25) is 0 Å². The van der Waals surface area contributed by atoms with Crippen LogP contribution >= 0.6 is 0 Å². The Morgan fingerprint density at radius 3 is 2.52 bits per heavy atom. The summed E-state index contributed by atoms with van der Waals surface area (Å²) in [5.74, 6) is 0.845. The van der Waals surface area contributed by atoms with Crippen LogP contribution in [0.4, 0.5) is 0 Å². The smallest absolute Gasteiger partial charge is 0.237 e. The van der Waals surface area contributed by atoms with Gasteiger partial charge in [-0.05, 0) is 56.2 Å². The van der Waals surface area contributed by atoms with Gasteiger partial charge in [0.25, 0.3) is 0 Å². The van der Waals surface area contributed by atoms with Gasteiger partial charge in [0.1, 0.15) is 0 Å². The van der Waals surface area contributed by atoms with Gasteiger partial charge in [-0.2, -0.15) is 0 Å². The van der Waals surface area contributed by atoms with Crippen molar-refractivity contribution >= 4 is 5.91 Å². The summed E-state index contributed by atoms with van der Waals surface area (Å²) in [6, 6.07) is 10.2. The van der Waals surface area contributed by atoms with Crippen molar-refractivity contribution in [3.8, 4) is 0 Å². The molecule has 0 spiro atoms. The number of likely N-dealkylation sites (tertiary alicyclic amines) is 1. The molecule has 0 saturated carbocycles. The van der Waals surface area contributed by atoms with Gasteiger partial charge in [-0.3, -0.25) is 9.69 Å². The molecule has 3 N–H and O–H groups in total. The lowest BCUT2D eigenvalue weighted by molar-refractivity contribution is -0.124. The molecule has 25 heavy (non-hydrogen) atoms. The topological polar surface area (TPSA) is 67.6 Å². The van der Waals surface area contributed by atoms with Gasteiger partial charge >= 0.3 is 0 Å². The molecule has 1 aromatic rings. The lowest BCUT2D eigenvalue weighted by atomic mass is 9.91. The molecule has 2 fully saturated rings. The quantitative estimate of drug-likeness (QED) is 0.825. The molecule has 5 heteroatoms. The van der Waals surface area contributed by atoms with Crippen molar-refractivity contribution in [2.24, 2.45) is 17.6 Å². The minimum atomic E-state index is -0.387. The Kier molecular flexibility index (Phi) is 6.84. The highest BCUT2D eigenvalue weighted by molar-refractivity contribution is 5.81. The van der Waals surface area contributed by atoms with Gasteiger partial charge in [0.05, 0.1) is 6.04 Å². The normalized spacial score (nSPS) is 21.8. The van der Waals surface area contributed by atoms with Gasteiger partial charge in [0.2, 0.25) is 5.91 Å². The Labute approximate surface area is 150 Å². The van der Waals surface area contributed by atoms with Crippen LogP contribution in [0.15, 0.2) is 30.3 Å². The second-order valence-corrected chi connectivity index (χ2v) is 7.43. The minimum absolute atomic E-state index is 0.0126. The molecule has 1 amide bonds. The largest absolute Gasteiger partial charge is 0.381 e. The Morgan fingerprint density at radius 1 is 1.16 bits per heavy atom. The summed E-state index contributed by atoms with van der Waals surface area (Å²) in [5, 5.41) is 3.09. The van der Waals surface area contributed by atoms with Crippen LogP contribution in [0, 0.1) is 11.8 Å². The van der Waals surface area contributed by atoms with Crippen LogP contribution in [0.5, 0.6) is 0 Å². The van der Waals surface area contributed by atoms with Gasteiger partial charge < -0.3 is 15.8 Å². The summed E-state index contributed by atoms with van der Waals surface area (Å²) in [6.07, 6.45) is 4.07. The van der Waals surface area contributed by atoms with E-state index < -0.39 is 0 Å². The second kappa shape index (κ2) is 9.32. The van der Waals surface area contributed by atoms with E-state index >= 15 is 0 Å². The fourth-order valence-electron chi connectivity index (χ4n) is 3.84. The number of hydrogen-bond donors (Lipinski definition) is 2. The van der Waals surface area contributed by atoms with E-state index in [9.17, 15) is 4.79 Å². The lowest BCUT2D eigenvalue weighted by Crippen LogP contribution is -2.48. The van der Waals surface area contributed by atoms with Crippen LogP contribution in [0.3, 0.4) is 0 Å². The number of carbonyl (C=O) groups excluding carboxylic acids is 1. The highest BCUT2D eigenvalue weighted by atomic mass is 16.5. The number of nitrogens with zero attached hydrogens (tertiary/aromatic N) is 1. The number of piperidine rings is 1. The zero-order chi connectivity index (χ0) is 17.5. The summed E-state index contributed by atoms with van der Waals surface area (Å²) >= 11 is 0. The van der Waals surface area contributed by atoms with E-state index in [2.05, 4.69) is 40.5 Å². The van der Waals surface area contributed by atoms with Crippen LogP contribution in [-0.2, 0) is 16.1 Å². The van der Waals surface area contributed by atoms with Crippen molar-refractivity contribution in [3.63, 3.8) is 0 Å². The van der Waals surface area contributed by atoms with Gasteiger partial charge in [0, 0.05) is 26.3 Å². The Balaban J connectivity index is 1.35. The molecule has 138 valence electrons. The third-order valence-electron chi connectivity index (χ3n) is 5.60. The molecule has 1 unspecified atom stereocenters. The van der Waals surface area contributed by atoms with Crippen LogP contribution in [-0.4, -0.2) is 49.7 Å². The first-order valence-electron chi connectivity index (χ1n) is 9.59. The van der Waals surface area contributed by atoms with E-state index in [1.165, 1.54) is 5.56 Å². The van der Waals surface area contributed by atoms with E-state index in [-0.39, 0.29) is 17.9 Å². The van der Waals surface area contributed by atoms with E-state index in [1.54, 1.807) is 0 Å². The van der Waals surface area contributed by atoms with Crippen molar-refractivity contribution in [1.29, 1.82) is 0 Å². The fraction of sp³-hybridized carbons (Fsp3) is 0.650. The van der Waals surface area contributed by atoms with Gasteiger partial charge in [-0.15, -0.1) is 0 Å². The average Bonchev–Trinajstić information content (AvgIpc) is 2.68. The maximum atomic E-state index is 12.3. The fourth-order valence-corrected chi connectivity index (χ4v) is 3.84. The molecule has 0 radical (unpaired) electrons. The molecule has 2 saturated heterocycles. The monoisotopic (exact) mass is 345 g/mol. The van der Waals surface area contributed by atoms with E-state index in [0.717, 1.165) is 65.1 Å². The molecule has 1 aromatic carbocycles. The lowest BCUT2D eigenvalue weighted by Gasteiger charge is -2.32. The first-order valence-corrected chi connectivity index (χ1v) is 9.59. The summed E-state index contributed by atoms with van der Waals surface area (Å²) in [5.41, 5.74) is 7.51. The number of amides is 1. The molecule has 0 aliphatic carbocycles. The third kappa shape index (κ3) is 5.53. The molecule has 2 heterocycles. The number of hydrogen-bond acceptors (Lipinski definition) is 4. The molecule has 0 bridgehead atoms. The first-order chi connectivity index (χ1) is 12.2. The average molecular weight is 345 g/mol. The first kappa shape index (κ1) is 18.4. The van der Waals surface area contributed by atoms with Crippen LogP contribution in [0.25, 0.3) is 0 Å². The predicted octanol–water partition coefficient (Wildman–Crippen LogP) is 1.77. The molecule has 3 rings (SSSR count). The number of benzene rings is 1. The Hall–Kier alpha value is -1.43. The number of carbonyl (C=O) groups is 1. The number of nitrogens with one attached hydrogen (secondary N) is 1. The molecule has 1 atom stereocenters. The van der Waals surface area contributed by atoms with Crippen LogP contribution < -0.4 is 11.1 Å². The Morgan fingerprint density at radius 2 is 1.84 bits per heavy atom. The number of ether oxygens (including phenoxy) is 1. The summed E-state index contributed by atoms with van der Waals surface area (Å²) in [7, 11) is 0. The molecule has 2 aliphatic rings. The minimum Gasteiger partial charge on any atom is -0.381 e. The molecule has 2 aliphatic heterocycles. The molecule has 5 nitrogen and oxygen atoms in total. The molecule has 0 aromatic heterocycles. The maximum Gasteiger partial charge on any atom is 0.237 e. The van der Waals surface area contributed by atoms with E-state index in [1.807, 2.05) is 0 Å². The number of rotatable bonds is 6. The summed E-state index contributed by atoms with van der Waals surface area (Å²) in [4.78, 5) is 14.8. The highest BCUT2D eigenvalue weighted by Gasteiger charge is 2.27. The van der Waals surface area contributed by atoms with Crippen molar-refractivity contribution in [1.82, 2.24) is 10.2 Å². The predicted molar refractivity (Wildman–Crippen MR) is 99.0 cm³/mol. The third-order valence-corrected chi connectivity index (χ3v) is 5.60. The summed E-state index contributed by atoms with van der Waals surface area (Å²) < 4.78 is 5.35. The molecular formula is C20H31N3O2. The second-order valence-electron chi connectivity index (χ2n) is 7.43. The van der Waals surface area contributed by atoms with E-state index in [4.69, 9.17) is 10.5 Å². The van der Waals surface area contributed by atoms with Crippen molar-refractivity contribution in [3.05, 3.63) is 35.9 Å². The van der Waals surface area contributed by atoms with Crippen molar-refractivity contribution in [2.45, 2.75) is 38.3 Å². The Bertz CT molecular complexity index is 523. The zero-order valence-corrected chi connectivity index (χ0v) is 15.0. The molecular weight excluding hydrogens is 314 g/mol. The van der Waals surface area contributed by atoms with Crippen molar-refractivity contribution < 1.29 is 9.53 Å². The van der Waals surface area contributed by atoms with Crippen molar-refractivity contribution in [2.75, 3.05) is 32.8 Å². The standard InChI is InChI=1S/C20H31N3O2/c21-19(18-8-12-25-13-9-18)20(24)22-14-16-6-10-23(11-7-16)15-17-4-2-1-3-5-17/h1-5,16,18-19H,6-15,21H2,(H,22,24). The van der Waals surface area contributed by atoms with Gasteiger partial charge in [0.15, 0.2) is 0 Å². The number of nitrogens with two attached hydrogens (primary N) is 1. The summed E-state index contributed by atoms with van der Waals surface area (Å²) in [6.45, 7) is 5.43. The van der Waals surface area contributed by atoms with Gasteiger partial charge in [-0.25, -0.2) is 0 Å². The SMILES string of the molecule is NC(C(=O)NCC1CCN(Cc2ccccc2)CC1)C1CCOCC1. The highest BCUT2D eigenvalue weighted by Crippen LogP contribution is 2.20. The van der Waals surface area contributed by atoms with Gasteiger partial charge in [-0.1, -0.05) is 30.3 Å².